The molecule has 0 aliphatic carbocycles. The van der Waals surface area contributed by atoms with E-state index in [-0.39, 0.29) is 18.2 Å². The SMILES string of the molecule is CC(C)c1nccn1CC(=O)c1ccc(NS(C)(=O)=O)cc1. The number of carbonyl (C=O) groups is 1. The summed E-state index contributed by atoms with van der Waals surface area (Å²) in [6.45, 7) is 4.26. The molecule has 0 amide bonds. The van der Waals surface area contributed by atoms with Crippen LogP contribution >= 0.6 is 0 Å². The second-order valence-electron chi connectivity index (χ2n) is 5.44. The normalized spacial score (nSPS) is 11.6. The van der Waals surface area contributed by atoms with Crippen molar-refractivity contribution in [3.8, 4) is 0 Å². The van der Waals surface area contributed by atoms with E-state index in [0.717, 1.165) is 12.1 Å². The van der Waals surface area contributed by atoms with Gasteiger partial charge in [0.15, 0.2) is 5.78 Å². The molecule has 0 aliphatic rings. The van der Waals surface area contributed by atoms with E-state index in [0.29, 0.717) is 11.3 Å². The third-order valence-corrected chi connectivity index (χ3v) is 3.69. The zero-order valence-corrected chi connectivity index (χ0v) is 13.6. The molecule has 6 nitrogen and oxygen atoms in total. The largest absolute Gasteiger partial charge is 0.327 e. The Morgan fingerprint density at radius 2 is 1.91 bits per heavy atom. The second kappa shape index (κ2) is 6.31. The Morgan fingerprint density at radius 1 is 1.27 bits per heavy atom. The van der Waals surface area contributed by atoms with Gasteiger partial charge in [-0.2, -0.15) is 0 Å². The molecule has 2 aromatic rings. The van der Waals surface area contributed by atoms with E-state index in [1.54, 1.807) is 36.7 Å². The lowest BCUT2D eigenvalue weighted by Crippen LogP contribution is -2.14. The van der Waals surface area contributed by atoms with E-state index in [4.69, 9.17) is 0 Å². The third-order valence-electron chi connectivity index (χ3n) is 3.09. The minimum absolute atomic E-state index is 0.0502. The Bertz CT molecular complexity index is 762. The molecule has 22 heavy (non-hydrogen) atoms. The van der Waals surface area contributed by atoms with Crippen LogP contribution in [0, 0.1) is 0 Å². The minimum Gasteiger partial charge on any atom is -0.327 e. The predicted octanol–water partition coefficient (Wildman–Crippen LogP) is 2.26. The van der Waals surface area contributed by atoms with Gasteiger partial charge in [-0.25, -0.2) is 13.4 Å². The fourth-order valence-corrected chi connectivity index (χ4v) is 2.70. The van der Waals surface area contributed by atoms with Gasteiger partial charge in [0.2, 0.25) is 10.0 Å². The fourth-order valence-electron chi connectivity index (χ4n) is 2.14. The summed E-state index contributed by atoms with van der Waals surface area (Å²) in [5.41, 5.74) is 0.965. The number of anilines is 1. The highest BCUT2D eigenvalue weighted by Crippen LogP contribution is 2.15. The molecule has 0 unspecified atom stereocenters. The molecule has 0 atom stereocenters. The summed E-state index contributed by atoms with van der Waals surface area (Å²) in [7, 11) is -3.31. The first-order valence-corrected chi connectivity index (χ1v) is 8.77. The van der Waals surface area contributed by atoms with E-state index in [2.05, 4.69) is 9.71 Å². The van der Waals surface area contributed by atoms with Gasteiger partial charge in [0.25, 0.3) is 0 Å². The summed E-state index contributed by atoms with van der Waals surface area (Å²) >= 11 is 0. The zero-order valence-electron chi connectivity index (χ0n) is 12.8. The van der Waals surface area contributed by atoms with Crippen LogP contribution in [-0.2, 0) is 16.6 Å². The molecule has 0 bridgehead atoms. The van der Waals surface area contributed by atoms with Crippen LogP contribution in [0.1, 0.15) is 35.9 Å². The molecule has 0 saturated heterocycles. The van der Waals surface area contributed by atoms with Crippen molar-refractivity contribution in [3.63, 3.8) is 0 Å². The van der Waals surface area contributed by atoms with Crippen LogP contribution < -0.4 is 4.72 Å². The molecule has 0 radical (unpaired) electrons. The van der Waals surface area contributed by atoms with Crippen LogP contribution in [0.2, 0.25) is 0 Å². The maximum absolute atomic E-state index is 12.3. The highest BCUT2D eigenvalue weighted by Gasteiger charge is 2.12. The molecule has 1 heterocycles. The van der Waals surface area contributed by atoms with Crippen LogP contribution in [0.3, 0.4) is 0 Å². The topological polar surface area (TPSA) is 81.1 Å². The summed E-state index contributed by atoms with van der Waals surface area (Å²) in [5, 5.41) is 0. The van der Waals surface area contributed by atoms with Crippen molar-refractivity contribution in [1.29, 1.82) is 0 Å². The van der Waals surface area contributed by atoms with Crippen LogP contribution in [-0.4, -0.2) is 30.0 Å². The molecule has 1 aromatic heterocycles. The molecular formula is C15H19N3O3S. The highest BCUT2D eigenvalue weighted by atomic mass is 32.2. The number of nitrogens with one attached hydrogen (secondary N) is 1. The Labute approximate surface area is 130 Å². The number of hydrogen-bond acceptors (Lipinski definition) is 4. The van der Waals surface area contributed by atoms with Crippen LogP contribution in [0.25, 0.3) is 0 Å². The number of carbonyl (C=O) groups excluding carboxylic acids is 1. The van der Waals surface area contributed by atoms with Gasteiger partial charge >= 0.3 is 0 Å². The molecule has 118 valence electrons. The van der Waals surface area contributed by atoms with E-state index >= 15 is 0 Å². The monoisotopic (exact) mass is 321 g/mol. The number of imidazole rings is 1. The molecule has 1 N–H and O–H groups in total. The number of Topliss-reactive ketones (excluding diaryl/α,β-unsaturated/α-hetero) is 1. The average molecular weight is 321 g/mol. The smallest absolute Gasteiger partial charge is 0.229 e. The van der Waals surface area contributed by atoms with Gasteiger partial charge in [-0.15, -0.1) is 0 Å². The number of ketones is 1. The van der Waals surface area contributed by atoms with Gasteiger partial charge in [-0.05, 0) is 24.3 Å². The van der Waals surface area contributed by atoms with Gasteiger partial charge < -0.3 is 4.57 Å². The zero-order chi connectivity index (χ0) is 16.3. The van der Waals surface area contributed by atoms with Crippen LogP contribution in [0.5, 0.6) is 0 Å². The van der Waals surface area contributed by atoms with Crippen LogP contribution in [0.15, 0.2) is 36.7 Å². The maximum atomic E-state index is 12.3. The van der Waals surface area contributed by atoms with E-state index in [1.807, 2.05) is 18.4 Å². The highest BCUT2D eigenvalue weighted by molar-refractivity contribution is 7.92. The van der Waals surface area contributed by atoms with Crippen molar-refractivity contribution in [2.45, 2.75) is 26.3 Å². The molecule has 7 heteroatoms. The van der Waals surface area contributed by atoms with Crippen LogP contribution in [0.4, 0.5) is 5.69 Å². The molecule has 2 rings (SSSR count). The first-order chi connectivity index (χ1) is 10.3. The number of benzene rings is 1. The van der Waals surface area contributed by atoms with E-state index in [9.17, 15) is 13.2 Å². The number of sulfonamides is 1. The Kier molecular flexibility index (Phi) is 4.65. The number of nitrogens with zero attached hydrogens (tertiary/aromatic N) is 2. The number of hydrogen-bond donors (Lipinski definition) is 1. The first-order valence-electron chi connectivity index (χ1n) is 6.88. The Morgan fingerprint density at radius 3 is 2.45 bits per heavy atom. The van der Waals surface area contributed by atoms with Gasteiger partial charge in [-0.3, -0.25) is 9.52 Å². The number of rotatable bonds is 6. The van der Waals surface area contributed by atoms with Crippen molar-refractivity contribution in [1.82, 2.24) is 9.55 Å². The number of aromatic nitrogens is 2. The van der Waals surface area contributed by atoms with Gasteiger partial charge in [-0.1, -0.05) is 13.8 Å². The summed E-state index contributed by atoms with van der Waals surface area (Å²) in [6.07, 6.45) is 4.55. The first kappa shape index (κ1) is 16.2. The molecule has 1 aromatic carbocycles. The molecule has 0 saturated carbocycles. The summed E-state index contributed by atoms with van der Waals surface area (Å²) in [5.74, 6) is 1.05. The predicted molar refractivity (Wildman–Crippen MR) is 85.6 cm³/mol. The lowest BCUT2D eigenvalue weighted by atomic mass is 10.1. The quantitative estimate of drug-likeness (QED) is 0.828. The molecule has 0 fully saturated rings. The lowest BCUT2D eigenvalue weighted by molar-refractivity contribution is 0.0971. The minimum atomic E-state index is -3.31. The summed E-state index contributed by atoms with van der Waals surface area (Å²) in [6, 6.07) is 6.38. The van der Waals surface area contributed by atoms with Crippen molar-refractivity contribution < 1.29 is 13.2 Å². The molecular weight excluding hydrogens is 302 g/mol. The van der Waals surface area contributed by atoms with Gasteiger partial charge in [0.05, 0.1) is 12.8 Å². The Hall–Kier alpha value is -2.15. The van der Waals surface area contributed by atoms with Crippen molar-refractivity contribution >= 4 is 21.5 Å². The molecule has 0 aliphatic heterocycles. The maximum Gasteiger partial charge on any atom is 0.229 e. The van der Waals surface area contributed by atoms with Crippen molar-refractivity contribution in [2.75, 3.05) is 11.0 Å². The summed E-state index contributed by atoms with van der Waals surface area (Å²) < 4.78 is 26.5. The third kappa shape index (κ3) is 4.17. The molecule has 0 spiro atoms. The summed E-state index contributed by atoms with van der Waals surface area (Å²) in [4.78, 5) is 16.5. The fraction of sp³-hybridized carbons (Fsp3) is 0.333. The van der Waals surface area contributed by atoms with E-state index < -0.39 is 10.0 Å². The van der Waals surface area contributed by atoms with Crippen molar-refractivity contribution in [2.24, 2.45) is 0 Å². The van der Waals surface area contributed by atoms with E-state index in [1.165, 1.54) is 0 Å². The van der Waals surface area contributed by atoms with Gasteiger partial charge in [0, 0.05) is 29.6 Å². The Balaban J connectivity index is 2.11. The second-order valence-corrected chi connectivity index (χ2v) is 7.19. The van der Waals surface area contributed by atoms with Crippen molar-refractivity contribution in [3.05, 3.63) is 48.0 Å². The lowest BCUT2D eigenvalue weighted by Gasteiger charge is -2.10. The standard InChI is InChI=1S/C15H19N3O3S/c1-11(2)15-16-8-9-18(15)10-14(19)12-4-6-13(7-5-12)17-22(3,20)21/h4-9,11,17H,10H2,1-3H3. The van der Waals surface area contributed by atoms with Gasteiger partial charge in [0.1, 0.15) is 5.82 Å². The average Bonchev–Trinajstić information content (AvgIpc) is 2.86.